The highest BCUT2D eigenvalue weighted by molar-refractivity contribution is 4.87. The molecule has 2 aliphatic rings. The minimum atomic E-state index is 0.902. The van der Waals surface area contributed by atoms with Crippen LogP contribution in [0.3, 0.4) is 0 Å². The third-order valence-corrected chi connectivity index (χ3v) is 2.87. The number of piperazine rings is 1. The van der Waals surface area contributed by atoms with Crippen LogP contribution in [0.4, 0.5) is 0 Å². The first-order valence-corrected chi connectivity index (χ1v) is 4.36. The van der Waals surface area contributed by atoms with Crippen molar-refractivity contribution in [3.05, 3.63) is 0 Å². The summed E-state index contributed by atoms with van der Waals surface area (Å²) >= 11 is 0. The van der Waals surface area contributed by atoms with Crippen LogP contribution in [0, 0.1) is 0 Å². The van der Waals surface area contributed by atoms with Crippen LogP contribution >= 0.6 is 0 Å². The number of fused-ring (bicyclic) bond motifs is 2. The van der Waals surface area contributed by atoms with Crippen LogP contribution in [-0.2, 0) is 0 Å². The van der Waals surface area contributed by atoms with E-state index in [9.17, 15) is 0 Å². The van der Waals surface area contributed by atoms with E-state index in [0.717, 1.165) is 6.04 Å². The van der Waals surface area contributed by atoms with Gasteiger partial charge in [0.15, 0.2) is 0 Å². The van der Waals surface area contributed by atoms with E-state index in [1.807, 2.05) is 0 Å². The lowest BCUT2D eigenvalue weighted by atomic mass is 10.2. The van der Waals surface area contributed by atoms with Crippen molar-refractivity contribution in [3.63, 3.8) is 0 Å². The molecule has 0 saturated carbocycles. The smallest absolute Gasteiger partial charge is 0.0235 e. The summed E-state index contributed by atoms with van der Waals surface area (Å²) in [6.45, 7) is 8.83. The zero-order valence-corrected chi connectivity index (χ0v) is 6.71. The first-order chi connectivity index (χ1) is 4.90. The van der Waals surface area contributed by atoms with Gasteiger partial charge in [-0.05, 0) is 19.5 Å². The van der Waals surface area contributed by atoms with Crippen molar-refractivity contribution in [1.29, 1.82) is 0 Å². The van der Waals surface area contributed by atoms with Crippen molar-refractivity contribution in [1.82, 2.24) is 9.80 Å². The number of hydrogen-bond acceptors (Lipinski definition) is 2. The van der Waals surface area contributed by atoms with Gasteiger partial charge in [-0.15, -0.1) is 0 Å². The monoisotopic (exact) mass is 140 g/mol. The Kier molecular flexibility index (Phi) is 1.66. The molecule has 2 bridgehead atoms. The molecule has 2 rings (SSSR count). The van der Waals surface area contributed by atoms with Crippen LogP contribution in [0.2, 0.25) is 0 Å². The summed E-state index contributed by atoms with van der Waals surface area (Å²) in [7, 11) is 0. The summed E-state index contributed by atoms with van der Waals surface area (Å²) in [6, 6.07) is 0.902. The minimum Gasteiger partial charge on any atom is -0.300 e. The van der Waals surface area contributed by atoms with Crippen molar-refractivity contribution >= 4 is 0 Å². The topological polar surface area (TPSA) is 6.48 Å². The summed E-state index contributed by atoms with van der Waals surface area (Å²) in [5.74, 6) is 0. The Hall–Kier alpha value is -0.0800. The summed E-state index contributed by atoms with van der Waals surface area (Å²) in [4.78, 5) is 5.19. The molecule has 10 heavy (non-hydrogen) atoms. The van der Waals surface area contributed by atoms with Gasteiger partial charge in [-0.2, -0.15) is 0 Å². The van der Waals surface area contributed by atoms with Crippen LogP contribution in [0.1, 0.15) is 13.3 Å². The second-order valence-electron chi connectivity index (χ2n) is 3.37. The minimum absolute atomic E-state index is 0.902. The van der Waals surface area contributed by atoms with Gasteiger partial charge in [0.05, 0.1) is 0 Å². The lowest BCUT2D eigenvalue weighted by Gasteiger charge is -2.33. The Labute approximate surface area is 62.8 Å². The molecule has 2 aliphatic heterocycles. The maximum Gasteiger partial charge on any atom is 0.0235 e. The largest absolute Gasteiger partial charge is 0.300 e. The number of nitrogens with zero attached hydrogens (tertiary/aromatic N) is 2. The molecule has 2 fully saturated rings. The van der Waals surface area contributed by atoms with Gasteiger partial charge in [-0.25, -0.2) is 0 Å². The molecular weight excluding hydrogens is 124 g/mol. The van der Waals surface area contributed by atoms with E-state index < -0.39 is 0 Å². The molecule has 0 amide bonds. The lowest BCUT2D eigenvalue weighted by Crippen LogP contribution is -2.46. The van der Waals surface area contributed by atoms with Crippen LogP contribution in [0.15, 0.2) is 0 Å². The Bertz CT molecular complexity index is 124. The predicted octanol–water partition coefficient (Wildman–Crippen LogP) is 0.396. The van der Waals surface area contributed by atoms with E-state index in [0.29, 0.717) is 0 Å². The van der Waals surface area contributed by atoms with Crippen LogP contribution < -0.4 is 0 Å². The normalized spacial score (nSPS) is 40.5. The Morgan fingerprint density at radius 2 is 2.20 bits per heavy atom. The van der Waals surface area contributed by atoms with E-state index in [4.69, 9.17) is 0 Å². The van der Waals surface area contributed by atoms with E-state index in [-0.39, 0.29) is 0 Å². The van der Waals surface area contributed by atoms with Gasteiger partial charge in [0.1, 0.15) is 0 Å². The van der Waals surface area contributed by atoms with E-state index in [1.165, 1.54) is 39.1 Å². The lowest BCUT2D eigenvalue weighted by molar-refractivity contribution is 0.142. The first-order valence-electron chi connectivity index (χ1n) is 4.36. The number of hydrogen-bond donors (Lipinski definition) is 0. The predicted molar refractivity (Wildman–Crippen MR) is 42.1 cm³/mol. The molecule has 2 heterocycles. The molecule has 58 valence electrons. The molecule has 2 atom stereocenters. The fraction of sp³-hybridized carbons (Fsp3) is 1.00. The molecular formula is C8H16N2. The van der Waals surface area contributed by atoms with Gasteiger partial charge in [-0.3, -0.25) is 4.90 Å². The third kappa shape index (κ3) is 0.956. The van der Waals surface area contributed by atoms with E-state index in [2.05, 4.69) is 16.7 Å². The SMILES string of the molecule is CCN1CCN2CC[C@H]1C2. The Morgan fingerprint density at radius 1 is 1.30 bits per heavy atom. The highest BCUT2D eigenvalue weighted by atomic mass is 15.3. The van der Waals surface area contributed by atoms with Gasteiger partial charge in [-0.1, -0.05) is 6.92 Å². The van der Waals surface area contributed by atoms with Gasteiger partial charge >= 0.3 is 0 Å². The quantitative estimate of drug-likeness (QED) is 0.520. The number of likely N-dealkylation sites (N-methyl/N-ethyl adjacent to an activating group) is 1. The zero-order chi connectivity index (χ0) is 6.97. The molecule has 2 saturated heterocycles. The number of rotatable bonds is 1. The maximum atomic E-state index is 2.61. The maximum absolute atomic E-state index is 2.61. The van der Waals surface area contributed by atoms with E-state index in [1.54, 1.807) is 0 Å². The van der Waals surface area contributed by atoms with Crippen molar-refractivity contribution in [2.75, 3.05) is 32.7 Å². The zero-order valence-electron chi connectivity index (χ0n) is 6.71. The summed E-state index contributed by atoms with van der Waals surface area (Å²) < 4.78 is 0. The second kappa shape index (κ2) is 2.51. The van der Waals surface area contributed by atoms with Crippen LogP contribution in [0.25, 0.3) is 0 Å². The molecule has 0 spiro atoms. The molecule has 2 nitrogen and oxygen atoms in total. The van der Waals surface area contributed by atoms with Gasteiger partial charge in [0, 0.05) is 25.7 Å². The summed E-state index contributed by atoms with van der Waals surface area (Å²) in [6.07, 6.45) is 1.41. The molecule has 0 radical (unpaired) electrons. The third-order valence-electron chi connectivity index (χ3n) is 2.87. The van der Waals surface area contributed by atoms with Crippen molar-refractivity contribution in [3.8, 4) is 0 Å². The second-order valence-corrected chi connectivity index (χ2v) is 3.37. The molecule has 0 aromatic heterocycles. The standard InChI is InChI=1S/C8H16N2/c1-2-10-6-5-9-4-3-8(10)7-9/h8H,2-7H2,1H3/t8-/m0/s1. The first kappa shape index (κ1) is 6.62. The average molecular weight is 140 g/mol. The molecule has 0 aliphatic carbocycles. The van der Waals surface area contributed by atoms with Gasteiger partial charge in [0.2, 0.25) is 0 Å². The fourth-order valence-electron chi connectivity index (χ4n) is 2.18. The van der Waals surface area contributed by atoms with Gasteiger partial charge in [0.25, 0.3) is 0 Å². The molecule has 0 aromatic carbocycles. The Morgan fingerprint density at radius 3 is 3.00 bits per heavy atom. The molecule has 1 unspecified atom stereocenters. The Balaban J connectivity index is 2.00. The van der Waals surface area contributed by atoms with Crippen molar-refractivity contribution in [2.24, 2.45) is 0 Å². The summed E-state index contributed by atoms with van der Waals surface area (Å²) in [5.41, 5.74) is 0. The van der Waals surface area contributed by atoms with Crippen LogP contribution in [0.5, 0.6) is 0 Å². The fourth-order valence-corrected chi connectivity index (χ4v) is 2.18. The molecule has 0 aromatic rings. The van der Waals surface area contributed by atoms with Gasteiger partial charge < -0.3 is 4.90 Å². The van der Waals surface area contributed by atoms with Crippen molar-refractivity contribution in [2.45, 2.75) is 19.4 Å². The van der Waals surface area contributed by atoms with Crippen LogP contribution in [-0.4, -0.2) is 48.6 Å². The molecule has 0 N–H and O–H groups in total. The van der Waals surface area contributed by atoms with E-state index >= 15 is 0 Å². The summed E-state index contributed by atoms with van der Waals surface area (Å²) in [5, 5.41) is 0. The average Bonchev–Trinajstić information content (AvgIpc) is 2.34. The highest BCUT2D eigenvalue weighted by Crippen LogP contribution is 2.19. The molecule has 2 heteroatoms. The van der Waals surface area contributed by atoms with Crippen molar-refractivity contribution < 1.29 is 0 Å². The highest BCUT2D eigenvalue weighted by Gasteiger charge is 2.30.